The Morgan fingerprint density at radius 1 is 0.766 bits per heavy atom. The van der Waals surface area contributed by atoms with Gasteiger partial charge in [-0.3, -0.25) is 0 Å². The summed E-state index contributed by atoms with van der Waals surface area (Å²) in [7, 11) is 0. The molecule has 47 heavy (non-hydrogen) atoms. The Hall–Kier alpha value is -2.90. The molecule has 3 aliphatic rings. The molecular formula is C40H58NO6+. The van der Waals surface area contributed by atoms with Crippen molar-refractivity contribution in [3.63, 3.8) is 0 Å². The van der Waals surface area contributed by atoms with Crippen molar-refractivity contribution in [1.82, 2.24) is 0 Å². The molecule has 2 aromatic rings. The van der Waals surface area contributed by atoms with Crippen molar-refractivity contribution in [3.05, 3.63) is 71.8 Å². The molecule has 2 aromatic carbocycles. The highest BCUT2D eigenvalue weighted by Gasteiger charge is 2.57. The second-order valence-corrected chi connectivity index (χ2v) is 14.1. The normalized spacial score (nSPS) is 22.2. The van der Waals surface area contributed by atoms with Crippen LogP contribution >= 0.6 is 0 Å². The van der Waals surface area contributed by atoms with E-state index in [4.69, 9.17) is 18.9 Å². The van der Waals surface area contributed by atoms with Gasteiger partial charge in [0.2, 0.25) is 11.9 Å². The van der Waals surface area contributed by atoms with Crippen LogP contribution in [0, 0.1) is 0 Å². The maximum Gasteiger partial charge on any atom is 0.510 e. The van der Waals surface area contributed by atoms with Gasteiger partial charge in [-0.2, -0.15) is 0 Å². The molecule has 3 saturated heterocycles. The molecule has 0 aliphatic carbocycles. The van der Waals surface area contributed by atoms with Crippen LogP contribution < -0.4 is 0 Å². The van der Waals surface area contributed by atoms with Crippen LogP contribution in [0.15, 0.2) is 60.7 Å². The Morgan fingerprint density at radius 3 is 1.81 bits per heavy atom. The first kappa shape index (κ1) is 35.4. The summed E-state index contributed by atoms with van der Waals surface area (Å²) in [5.41, 5.74) is -0.353. The predicted molar refractivity (Wildman–Crippen MR) is 184 cm³/mol. The highest BCUT2D eigenvalue weighted by Crippen LogP contribution is 2.47. The number of carbonyl (C=O) groups excluding carboxylic acids is 2. The molecule has 2 bridgehead atoms. The molecule has 3 atom stereocenters. The lowest BCUT2D eigenvalue weighted by atomic mass is 9.85. The summed E-state index contributed by atoms with van der Waals surface area (Å²) in [5.74, 6) is -0.469. The van der Waals surface area contributed by atoms with Gasteiger partial charge in [-0.25, -0.2) is 9.59 Å². The lowest BCUT2D eigenvalue weighted by Crippen LogP contribution is -2.60. The van der Waals surface area contributed by atoms with Crippen molar-refractivity contribution >= 4 is 12.1 Å². The summed E-state index contributed by atoms with van der Waals surface area (Å²) in [6, 6.07) is 20.0. The minimum atomic E-state index is -1.62. The Labute approximate surface area is 282 Å². The van der Waals surface area contributed by atoms with E-state index in [0.717, 1.165) is 32.1 Å². The minimum Gasteiger partial charge on any atom is -0.459 e. The first-order valence-electron chi connectivity index (χ1n) is 18.7. The van der Waals surface area contributed by atoms with Crippen molar-refractivity contribution in [2.45, 2.75) is 147 Å². The fraction of sp³-hybridized carbons (Fsp3) is 0.650. The number of ether oxygens (including phenoxy) is 4. The molecule has 0 amide bonds. The van der Waals surface area contributed by atoms with E-state index in [1.807, 2.05) is 60.7 Å². The number of nitrogens with zero attached hydrogens (tertiary/aromatic N) is 1. The van der Waals surface area contributed by atoms with Crippen molar-refractivity contribution in [2.24, 2.45) is 0 Å². The highest BCUT2D eigenvalue weighted by atomic mass is 16.8. The standard InChI is InChI=1S/C40H58NO6/c1-3-4-5-6-7-8-9-10-11-20-29-44-39(43)45-32(2)47-40(33-21-14-12-15-22-33,34-23-16-13-17-24-34)38(42)46-37-30-35-25-26-36(31-37)41(35)27-18-19-28-41/h12-17,21-24,32,35-37H,3-11,18-20,25-31H2,1-2H3/q+1. The average molecular weight is 649 g/mol. The van der Waals surface area contributed by atoms with Crippen LogP contribution in [0.3, 0.4) is 0 Å². The number of quaternary nitrogens is 1. The molecule has 3 unspecified atom stereocenters. The predicted octanol–water partition coefficient (Wildman–Crippen LogP) is 9.21. The third-order valence-corrected chi connectivity index (χ3v) is 11.0. The first-order valence-corrected chi connectivity index (χ1v) is 18.7. The molecule has 3 fully saturated rings. The summed E-state index contributed by atoms with van der Waals surface area (Å²) in [5, 5.41) is 0. The lowest BCUT2D eigenvalue weighted by molar-refractivity contribution is -0.956. The third-order valence-electron chi connectivity index (χ3n) is 11.0. The smallest absolute Gasteiger partial charge is 0.459 e. The Morgan fingerprint density at radius 2 is 1.28 bits per heavy atom. The van der Waals surface area contributed by atoms with Gasteiger partial charge in [-0.1, -0.05) is 125 Å². The third kappa shape index (κ3) is 8.77. The van der Waals surface area contributed by atoms with Gasteiger partial charge in [0.25, 0.3) is 0 Å². The van der Waals surface area contributed by atoms with Crippen molar-refractivity contribution in [2.75, 3.05) is 19.7 Å². The van der Waals surface area contributed by atoms with E-state index >= 15 is 0 Å². The van der Waals surface area contributed by atoms with Crippen molar-refractivity contribution in [1.29, 1.82) is 0 Å². The molecule has 3 aliphatic heterocycles. The quantitative estimate of drug-likeness (QED) is 0.0695. The van der Waals surface area contributed by atoms with Crippen LogP contribution in [0.5, 0.6) is 0 Å². The van der Waals surface area contributed by atoms with Crippen LogP contribution in [-0.4, -0.2) is 60.8 Å². The fourth-order valence-electron chi connectivity index (χ4n) is 8.66. The Kier molecular flexibility index (Phi) is 13.2. The van der Waals surface area contributed by atoms with Crippen LogP contribution in [0.25, 0.3) is 0 Å². The molecule has 7 heteroatoms. The van der Waals surface area contributed by atoms with Gasteiger partial charge in [0.1, 0.15) is 6.10 Å². The van der Waals surface area contributed by atoms with Gasteiger partial charge in [0.05, 0.1) is 31.8 Å². The van der Waals surface area contributed by atoms with Gasteiger partial charge in [0.15, 0.2) is 0 Å². The minimum absolute atomic E-state index is 0.165. The molecule has 0 saturated carbocycles. The van der Waals surface area contributed by atoms with E-state index in [-0.39, 0.29) is 6.10 Å². The molecule has 3 heterocycles. The van der Waals surface area contributed by atoms with Crippen molar-refractivity contribution < 1.29 is 33.0 Å². The number of unbranched alkanes of at least 4 members (excludes halogenated alkanes) is 9. The molecule has 5 rings (SSSR count). The Balaban J connectivity index is 1.20. The van der Waals surface area contributed by atoms with Crippen LogP contribution in [0.4, 0.5) is 4.79 Å². The first-order chi connectivity index (χ1) is 23.0. The summed E-state index contributed by atoms with van der Waals surface area (Å²) < 4.78 is 25.2. The van der Waals surface area contributed by atoms with Gasteiger partial charge < -0.3 is 23.4 Å². The summed E-state index contributed by atoms with van der Waals surface area (Å²) in [6.07, 6.45) is 16.8. The number of esters is 1. The van der Waals surface area contributed by atoms with E-state index in [1.165, 1.54) is 88.2 Å². The fourth-order valence-corrected chi connectivity index (χ4v) is 8.66. The number of piperidine rings is 1. The monoisotopic (exact) mass is 648 g/mol. The van der Waals surface area contributed by atoms with Crippen molar-refractivity contribution in [3.8, 4) is 0 Å². The van der Waals surface area contributed by atoms with Crippen LogP contribution in [-0.2, 0) is 29.3 Å². The topological polar surface area (TPSA) is 71.1 Å². The summed E-state index contributed by atoms with van der Waals surface area (Å²) in [4.78, 5) is 27.3. The largest absolute Gasteiger partial charge is 0.510 e. The highest BCUT2D eigenvalue weighted by molar-refractivity contribution is 5.86. The van der Waals surface area contributed by atoms with Gasteiger partial charge in [-0.15, -0.1) is 0 Å². The van der Waals surface area contributed by atoms with Crippen LogP contribution in [0.2, 0.25) is 0 Å². The number of carbonyl (C=O) groups is 2. The SMILES string of the molecule is CCCCCCCCCCCCOC(=O)OC(C)OC(C(=O)OC1CC2CCC(C1)[N+]21CCCC1)(c1ccccc1)c1ccccc1. The van der Waals surface area contributed by atoms with Gasteiger partial charge >= 0.3 is 12.1 Å². The number of benzene rings is 2. The number of hydrogen-bond donors (Lipinski definition) is 0. The van der Waals surface area contributed by atoms with E-state index in [2.05, 4.69) is 6.92 Å². The van der Waals surface area contributed by atoms with Gasteiger partial charge in [0, 0.05) is 38.5 Å². The van der Waals surface area contributed by atoms with E-state index in [0.29, 0.717) is 29.8 Å². The molecule has 1 spiro atoms. The maximum atomic E-state index is 14.6. The van der Waals surface area contributed by atoms with E-state index in [9.17, 15) is 9.59 Å². The van der Waals surface area contributed by atoms with Gasteiger partial charge in [-0.05, 0) is 24.5 Å². The second kappa shape index (κ2) is 17.5. The zero-order valence-corrected chi connectivity index (χ0v) is 28.9. The van der Waals surface area contributed by atoms with Crippen LogP contribution in [0.1, 0.15) is 128 Å². The zero-order chi connectivity index (χ0) is 33.0. The molecule has 0 aromatic heterocycles. The molecule has 258 valence electrons. The zero-order valence-electron chi connectivity index (χ0n) is 28.9. The molecule has 0 N–H and O–H groups in total. The Bertz CT molecular complexity index is 1170. The lowest BCUT2D eigenvalue weighted by Gasteiger charge is -2.47. The number of rotatable bonds is 18. The molecular weight excluding hydrogens is 590 g/mol. The molecule has 7 nitrogen and oxygen atoms in total. The summed E-state index contributed by atoms with van der Waals surface area (Å²) >= 11 is 0. The number of hydrogen-bond acceptors (Lipinski definition) is 6. The molecule has 0 radical (unpaired) electrons. The summed E-state index contributed by atoms with van der Waals surface area (Å²) in [6.45, 7) is 6.71. The van der Waals surface area contributed by atoms with E-state index in [1.54, 1.807) is 6.92 Å². The maximum absolute atomic E-state index is 14.6. The second-order valence-electron chi connectivity index (χ2n) is 14.1. The van der Waals surface area contributed by atoms with E-state index < -0.39 is 24.0 Å². The average Bonchev–Trinajstić information content (AvgIpc) is 3.63.